The Morgan fingerprint density at radius 2 is 1.57 bits per heavy atom. The van der Waals surface area contributed by atoms with Crippen LogP contribution < -0.4 is 10.1 Å². The number of non-ortho nitro benzene ring substituents is 2. The van der Waals surface area contributed by atoms with Crippen molar-refractivity contribution >= 4 is 28.9 Å². The van der Waals surface area contributed by atoms with Crippen LogP contribution in [0.5, 0.6) is 5.75 Å². The molecule has 0 aromatic heterocycles. The van der Waals surface area contributed by atoms with E-state index in [4.69, 9.17) is 16.3 Å². The van der Waals surface area contributed by atoms with Crippen molar-refractivity contribution in [2.45, 2.75) is 19.3 Å². The van der Waals surface area contributed by atoms with Crippen molar-refractivity contribution in [2.24, 2.45) is 0 Å². The second kappa shape index (κ2) is 10.2. The SMILES string of the molecule is O=C(NCCCCCOc1ccc(Cl)cc1)c1cc([N+](=O)[O-])cc([N+](=O)[O-])c1. The topological polar surface area (TPSA) is 125 Å². The summed E-state index contributed by atoms with van der Waals surface area (Å²) in [5, 5.41) is 25.0. The molecular formula is C18H18ClN3O6. The maximum absolute atomic E-state index is 12.1. The number of nitrogens with one attached hydrogen (secondary N) is 1. The molecule has 0 spiro atoms. The first-order valence-corrected chi connectivity index (χ1v) is 8.85. The van der Waals surface area contributed by atoms with Crippen LogP contribution in [0.3, 0.4) is 0 Å². The third-order valence-electron chi connectivity index (χ3n) is 3.78. The highest BCUT2D eigenvalue weighted by Gasteiger charge is 2.19. The first-order valence-electron chi connectivity index (χ1n) is 8.47. The quantitative estimate of drug-likeness (QED) is 0.358. The number of hydrogen-bond acceptors (Lipinski definition) is 6. The molecule has 0 fully saturated rings. The number of carbonyl (C=O) groups excluding carboxylic acids is 1. The summed E-state index contributed by atoms with van der Waals surface area (Å²) in [6.45, 7) is 0.864. The molecular weight excluding hydrogens is 390 g/mol. The molecule has 2 aromatic rings. The average Bonchev–Trinajstić information content (AvgIpc) is 2.68. The molecule has 148 valence electrons. The summed E-state index contributed by atoms with van der Waals surface area (Å²) < 4.78 is 5.56. The van der Waals surface area contributed by atoms with E-state index < -0.39 is 27.1 Å². The minimum atomic E-state index is -0.773. The smallest absolute Gasteiger partial charge is 0.277 e. The van der Waals surface area contributed by atoms with Gasteiger partial charge in [-0.3, -0.25) is 25.0 Å². The van der Waals surface area contributed by atoms with Crippen LogP contribution in [0.1, 0.15) is 29.6 Å². The molecule has 0 saturated carbocycles. The summed E-state index contributed by atoms with van der Waals surface area (Å²) in [5.74, 6) is 0.134. The first-order chi connectivity index (χ1) is 13.4. The van der Waals surface area contributed by atoms with Crippen LogP contribution in [0.25, 0.3) is 0 Å². The Labute approximate surface area is 165 Å². The summed E-state index contributed by atoms with van der Waals surface area (Å²) in [7, 11) is 0. The Morgan fingerprint density at radius 3 is 2.14 bits per heavy atom. The number of unbranched alkanes of at least 4 members (excludes halogenated alkanes) is 2. The number of nitro groups is 2. The molecule has 2 aromatic carbocycles. The second-order valence-corrected chi connectivity index (χ2v) is 6.31. The molecule has 9 nitrogen and oxygen atoms in total. The lowest BCUT2D eigenvalue weighted by molar-refractivity contribution is -0.394. The molecule has 1 amide bonds. The number of halogens is 1. The number of ether oxygens (including phenoxy) is 1. The molecule has 0 heterocycles. The molecule has 0 aliphatic rings. The highest BCUT2D eigenvalue weighted by atomic mass is 35.5. The summed E-state index contributed by atoms with van der Waals surface area (Å²) in [6.07, 6.45) is 2.25. The fraction of sp³-hybridized carbons (Fsp3) is 0.278. The van der Waals surface area contributed by atoms with Gasteiger partial charge in [-0.1, -0.05) is 11.6 Å². The Bertz CT molecular complexity index is 825. The first kappa shape index (κ1) is 21.1. The van der Waals surface area contributed by atoms with Gasteiger partial charge in [-0.25, -0.2) is 0 Å². The van der Waals surface area contributed by atoms with Gasteiger partial charge >= 0.3 is 0 Å². The van der Waals surface area contributed by atoms with Gasteiger partial charge in [-0.2, -0.15) is 0 Å². The molecule has 0 unspecified atom stereocenters. The van der Waals surface area contributed by atoms with Gasteiger partial charge in [0.25, 0.3) is 17.3 Å². The van der Waals surface area contributed by atoms with E-state index in [1.807, 2.05) is 0 Å². The number of hydrogen-bond donors (Lipinski definition) is 1. The van der Waals surface area contributed by atoms with Gasteiger partial charge in [-0.15, -0.1) is 0 Å². The van der Waals surface area contributed by atoms with Crippen molar-refractivity contribution < 1.29 is 19.4 Å². The van der Waals surface area contributed by atoms with E-state index in [-0.39, 0.29) is 5.56 Å². The molecule has 28 heavy (non-hydrogen) atoms. The van der Waals surface area contributed by atoms with Crippen LogP contribution in [0, 0.1) is 20.2 Å². The van der Waals surface area contributed by atoms with Gasteiger partial charge in [0.2, 0.25) is 0 Å². The zero-order valence-electron chi connectivity index (χ0n) is 14.8. The summed E-state index contributed by atoms with van der Waals surface area (Å²) in [6, 6.07) is 9.89. The number of benzene rings is 2. The number of carbonyl (C=O) groups is 1. The summed E-state index contributed by atoms with van der Waals surface area (Å²) >= 11 is 5.79. The third kappa shape index (κ3) is 6.51. The Kier molecular flexibility index (Phi) is 7.70. The zero-order chi connectivity index (χ0) is 20.5. The molecule has 10 heteroatoms. The minimum absolute atomic E-state index is 0.119. The highest BCUT2D eigenvalue weighted by molar-refractivity contribution is 6.30. The van der Waals surface area contributed by atoms with Crippen molar-refractivity contribution in [3.05, 3.63) is 73.3 Å². The standard InChI is InChI=1S/C18H18ClN3O6/c19-14-4-6-17(7-5-14)28-9-3-1-2-8-20-18(23)13-10-15(21(24)25)12-16(11-13)22(26)27/h4-7,10-12H,1-3,8-9H2,(H,20,23). The van der Waals surface area contributed by atoms with Gasteiger partial charge in [0.05, 0.1) is 28.1 Å². The lowest BCUT2D eigenvalue weighted by Gasteiger charge is -2.07. The second-order valence-electron chi connectivity index (χ2n) is 5.87. The Morgan fingerprint density at radius 1 is 0.964 bits per heavy atom. The van der Waals surface area contributed by atoms with Crippen molar-refractivity contribution in [3.8, 4) is 5.75 Å². The van der Waals surface area contributed by atoms with Gasteiger partial charge in [-0.05, 0) is 43.5 Å². The summed E-state index contributed by atoms with van der Waals surface area (Å²) in [4.78, 5) is 32.3. The predicted molar refractivity (Wildman–Crippen MR) is 103 cm³/mol. The van der Waals surface area contributed by atoms with Crippen molar-refractivity contribution in [2.75, 3.05) is 13.2 Å². The largest absolute Gasteiger partial charge is 0.494 e. The van der Waals surface area contributed by atoms with Gasteiger partial charge in [0.15, 0.2) is 0 Å². The van der Waals surface area contributed by atoms with Crippen LogP contribution in [0.2, 0.25) is 5.02 Å². The molecule has 0 atom stereocenters. The highest BCUT2D eigenvalue weighted by Crippen LogP contribution is 2.22. The van der Waals surface area contributed by atoms with Crippen molar-refractivity contribution in [3.63, 3.8) is 0 Å². The number of amides is 1. The van der Waals surface area contributed by atoms with Crippen LogP contribution >= 0.6 is 11.6 Å². The molecule has 0 saturated heterocycles. The van der Waals surface area contributed by atoms with Gasteiger partial charge < -0.3 is 10.1 Å². The van der Waals surface area contributed by atoms with E-state index >= 15 is 0 Å². The van der Waals surface area contributed by atoms with Crippen LogP contribution in [0.4, 0.5) is 11.4 Å². The Balaban J connectivity index is 1.74. The number of nitro benzene ring substituents is 2. The molecule has 1 N–H and O–H groups in total. The van der Waals surface area contributed by atoms with E-state index in [0.717, 1.165) is 36.8 Å². The maximum atomic E-state index is 12.1. The normalized spacial score (nSPS) is 10.3. The monoisotopic (exact) mass is 407 g/mol. The number of rotatable bonds is 10. The van der Waals surface area contributed by atoms with Crippen LogP contribution in [-0.4, -0.2) is 28.9 Å². The van der Waals surface area contributed by atoms with Crippen molar-refractivity contribution in [1.82, 2.24) is 5.32 Å². The average molecular weight is 408 g/mol. The van der Waals surface area contributed by atoms with Crippen LogP contribution in [0.15, 0.2) is 42.5 Å². The molecule has 0 bridgehead atoms. The number of nitrogens with zero attached hydrogens (tertiary/aromatic N) is 2. The van der Waals surface area contributed by atoms with E-state index in [2.05, 4.69) is 5.32 Å². The maximum Gasteiger partial charge on any atom is 0.277 e. The van der Waals surface area contributed by atoms with Crippen molar-refractivity contribution in [1.29, 1.82) is 0 Å². The van der Waals surface area contributed by atoms with Gasteiger partial charge in [0, 0.05) is 23.7 Å². The van der Waals surface area contributed by atoms with E-state index in [0.29, 0.717) is 24.6 Å². The fourth-order valence-electron chi connectivity index (χ4n) is 2.37. The third-order valence-corrected chi connectivity index (χ3v) is 4.03. The lowest BCUT2D eigenvalue weighted by atomic mass is 10.1. The van der Waals surface area contributed by atoms with Crippen LogP contribution in [-0.2, 0) is 0 Å². The molecule has 0 radical (unpaired) electrons. The van der Waals surface area contributed by atoms with E-state index in [1.54, 1.807) is 24.3 Å². The summed E-state index contributed by atoms with van der Waals surface area (Å²) in [5.41, 5.74) is -1.12. The molecule has 0 aliphatic carbocycles. The molecule has 0 aliphatic heterocycles. The fourth-order valence-corrected chi connectivity index (χ4v) is 2.49. The minimum Gasteiger partial charge on any atom is -0.494 e. The molecule has 2 rings (SSSR count). The lowest BCUT2D eigenvalue weighted by Crippen LogP contribution is -2.24. The zero-order valence-corrected chi connectivity index (χ0v) is 15.6. The van der Waals surface area contributed by atoms with E-state index in [9.17, 15) is 25.0 Å². The Hall–Kier alpha value is -3.20. The van der Waals surface area contributed by atoms with E-state index in [1.165, 1.54) is 0 Å². The van der Waals surface area contributed by atoms with Gasteiger partial charge in [0.1, 0.15) is 5.75 Å². The predicted octanol–water partition coefficient (Wildman–Crippen LogP) is 4.14.